The molecule has 0 aliphatic heterocycles. The monoisotopic (exact) mass is 288 g/mol. The second kappa shape index (κ2) is 6.39. The summed E-state index contributed by atoms with van der Waals surface area (Å²) in [5, 5.41) is 9.91. The summed E-state index contributed by atoms with van der Waals surface area (Å²) >= 11 is 0. The molecule has 0 aromatic carbocycles. The molecule has 2 aromatic heterocycles. The molecule has 0 spiro atoms. The van der Waals surface area contributed by atoms with E-state index in [4.69, 9.17) is 4.52 Å². The van der Waals surface area contributed by atoms with Gasteiger partial charge in [-0.1, -0.05) is 11.2 Å². The maximum absolute atomic E-state index is 12.3. The summed E-state index contributed by atoms with van der Waals surface area (Å²) in [7, 11) is 0. The van der Waals surface area contributed by atoms with Crippen LogP contribution in [0.2, 0.25) is 0 Å². The Bertz CT molecular complexity index is 617. The first-order valence-corrected chi connectivity index (χ1v) is 6.97. The highest BCUT2D eigenvalue weighted by Crippen LogP contribution is 2.21. The van der Waals surface area contributed by atoms with Gasteiger partial charge in [0.2, 0.25) is 0 Å². The van der Waals surface area contributed by atoms with E-state index in [0.717, 1.165) is 23.6 Å². The van der Waals surface area contributed by atoms with Crippen molar-refractivity contribution in [2.45, 2.75) is 33.7 Å². The van der Waals surface area contributed by atoms with Gasteiger partial charge in [-0.3, -0.25) is 4.79 Å². The summed E-state index contributed by atoms with van der Waals surface area (Å²) in [6, 6.07) is 5.14. The zero-order valence-electron chi connectivity index (χ0n) is 12.7. The molecule has 21 heavy (non-hydrogen) atoms. The van der Waals surface area contributed by atoms with E-state index in [2.05, 4.69) is 20.8 Å². The second-order valence-corrected chi connectivity index (χ2v) is 4.87. The Labute approximate surface area is 123 Å². The molecule has 0 bridgehead atoms. The van der Waals surface area contributed by atoms with E-state index in [9.17, 15) is 4.79 Å². The minimum Gasteiger partial charge on any atom is -0.370 e. The van der Waals surface area contributed by atoms with E-state index in [0.29, 0.717) is 11.5 Å². The first-order chi connectivity index (χ1) is 10.0. The molecule has 0 fully saturated rings. The number of amides is 1. The Kier molecular flexibility index (Phi) is 4.57. The van der Waals surface area contributed by atoms with Crippen molar-refractivity contribution in [1.29, 1.82) is 0 Å². The van der Waals surface area contributed by atoms with Gasteiger partial charge in [0.05, 0.1) is 11.7 Å². The maximum Gasteiger partial charge on any atom is 0.270 e. The fraction of sp³-hybridized carbons (Fsp3) is 0.400. The smallest absolute Gasteiger partial charge is 0.270 e. The van der Waals surface area contributed by atoms with Crippen molar-refractivity contribution < 1.29 is 9.32 Å². The van der Waals surface area contributed by atoms with E-state index in [1.165, 1.54) is 0 Å². The van der Waals surface area contributed by atoms with Gasteiger partial charge in [0.15, 0.2) is 0 Å². The molecule has 0 saturated carbocycles. The van der Waals surface area contributed by atoms with Crippen LogP contribution in [-0.4, -0.2) is 22.6 Å². The van der Waals surface area contributed by atoms with Crippen LogP contribution in [0, 0.1) is 13.8 Å². The SMILES string of the molecule is CCNc1cccc(C(=O)NC(C)c2c(C)noc2C)n1. The van der Waals surface area contributed by atoms with Gasteiger partial charge in [-0.05, 0) is 39.8 Å². The number of nitrogens with one attached hydrogen (secondary N) is 2. The van der Waals surface area contributed by atoms with Crippen LogP contribution >= 0.6 is 0 Å². The lowest BCUT2D eigenvalue weighted by Gasteiger charge is -2.13. The Hall–Kier alpha value is -2.37. The van der Waals surface area contributed by atoms with Crippen LogP contribution in [0.1, 0.15) is 47.4 Å². The topological polar surface area (TPSA) is 80.0 Å². The molecule has 112 valence electrons. The van der Waals surface area contributed by atoms with Crippen molar-refractivity contribution in [1.82, 2.24) is 15.5 Å². The normalized spacial score (nSPS) is 12.0. The quantitative estimate of drug-likeness (QED) is 0.884. The Morgan fingerprint density at radius 3 is 2.76 bits per heavy atom. The predicted molar refractivity (Wildman–Crippen MR) is 80.3 cm³/mol. The molecule has 2 aromatic rings. The van der Waals surface area contributed by atoms with Gasteiger partial charge >= 0.3 is 0 Å². The van der Waals surface area contributed by atoms with Gasteiger partial charge < -0.3 is 15.2 Å². The minimum absolute atomic E-state index is 0.187. The lowest BCUT2D eigenvalue weighted by Crippen LogP contribution is -2.28. The van der Waals surface area contributed by atoms with Crippen molar-refractivity contribution in [2.75, 3.05) is 11.9 Å². The number of rotatable bonds is 5. The molecular weight excluding hydrogens is 268 g/mol. The van der Waals surface area contributed by atoms with E-state index in [1.807, 2.05) is 33.8 Å². The Morgan fingerprint density at radius 2 is 2.14 bits per heavy atom. The highest BCUT2D eigenvalue weighted by molar-refractivity contribution is 5.92. The third kappa shape index (κ3) is 3.39. The molecule has 6 heteroatoms. The number of aryl methyl sites for hydroxylation is 2. The van der Waals surface area contributed by atoms with Gasteiger partial charge in [-0.15, -0.1) is 0 Å². The van der Waals surface area contributed by atoms with Crippen molar-refractivity contribution in [3.63, 3.8) is 0 Å². The molecular formula is C15H20N4O2. The fourth-order valence-electron chi connectivity index (χ4n) is 2.29. The summed E-state index contributed by atoms with van der Waals surface area (Å²) in [6.07, 6.45) is 0. The molecule has 0 saturated heterocycles. The van der Waals surface area contributed by atoms with Crippen LogP contribution < -0.4 is 10.6 Å². The molecule has 2 heterocycles. The van der Waals surface area contributed by atoms with Crippen molar-refractivity contribution in [3.05, 3.63) is 40.9 Å². The predicted octanol–water partition coefficient (Wildman–Crippen LogP) is 2.61. The zero-order chi connectivity index (χ0) is 15.4. The fourth-order valence-corrected chi connectivity index (χ4v) is 2.29. The first-order valence-electron chi connectivity index (χ1n) is 6.97. The lowest BCUT2D eigenvalue weighted by molar-refractivity contribution is 0.0935. The lowest BCUT2D eigenvalue weighted by atomic mass is 10.1. The standard InChI is InChI=1S/C15H20N4O2/c1-5-16-13-8-6-7-12(18-13)15(20)17-9(2)14-10(3)19-21-11(14)4/h6-9H,5H2,1-4H3,(H,16,18)(H,17,20). The number of aromatic nitrogens is 2. The van der Waals surface area contributed by atoms with Crippen LogP contribution in [0.5, 0.6) is 0 Å². The average molecular weight is 288 g/mol. The first kappa shape index (κ1) is 15.0. The van der Waals surface area contributed by atoms with Crippen molar-refractivity contribution in [2.24, 2.45) is 0 Å². The molecule has 6 nitrogen and oxygen atoms in total. The van der Waals surface area contributed by atoms with Gasteiger partial charge in [0.1, 0.15) is 17.3 Å². The van der Waals surface area contributed by atoms with E-state index in [-0.39, 0.29) is 11.9 Å². The number of hydrogen-bond donors (Lipinski definition) is 2. The van der Waals surface area contributed by atoms with Gasteiger partial charge in [-0.25, -0.2) is 4.98 Å². The molecule has 2 N–H and O–H groups in total. The molecule has 2 rings (SSSR count). The number of carbonyl (C=O) groups excluding carboxylic acids is 1. The third-order valence-electron chi connectivity index (χ3n) is 3.21. The van der Waals surface area contributed by atoms with E-state index >= 15 is 0 Å². The van der Waals surface area contributed by atoms with E-state index in [1.54, 1.807) is 12.1 Å². The highest BCUT2D eigenvalue weighted by Gasteiger charge is 2.19. The second-order valence-electron chi connectivity index (χ2n) is 4.87. The van der Waals surface area contributed by atoms with Crippen LogP contribution in [0.25, 0.3) is 0 Å². The summed E-state index contributed by atoms with van der Waals surface area (Å²) in [6.45, 7) is 8.33. The number of anilines is 1. The Balaban J connectivity index is 2.12. The number of nitrogens with zero attached hydrogens (tertiary/aromatic N) is 2. The maximum atomic E-state index is 12.3. The van der Waals surface area contributed by atoms with Gasteiger partial charge in [0.25, 0.3) is 5.91 Å². The largest absolute Gasteiger partial charge is 0.370 e. The van der Waals surface area contributed by atoms with Crippen LogP contribution in [0.3, 0.4) is 0 Å². The summed E-state index contributed by atoms with van der Waals surface area (Å²) in [5.74, 6) is 1.19. The van der Waals surface area contributed by atoms with Crippen LogP contribution in [-0.2, 0) is 0 Å². The van der Waals surface area contributed by atoms with Gasteiger partial charge in [0, 0.05) is 12.1 Å². The summed E-state index contributed by atoms with van der Waals surface area (Å²) in [4.78, 5) is 16.6. The molecule has 0 radical (unpaired) electrons. The molecule has 1 atom stereocenters. The van der Waals surface area contributed by atoms with Crippen molar-refractivity contribution >= 4 is 11.7 Å². The van der Waals surface area contributed by atoms with E-state index < -0.39 is 0 Å². The Morgan fingerprint density at radius 1 is 1.38 bits per heavy atom. The van der Waals surface area contributed by atoms with Crippen molar-refractivity contribution in [3.8, 4) is 0 Å². The van der Waals surface area contributed by atoms with Crippen LogP contribution in [0.4, 0.5) is 5.82 Å². The summed E-state index contributed by atoms with van der Waals surface area (Å²) < 4.78 is 5.13. The molecule has 1 amide bonds. The van der Waals surface area contributed by atoms with Gasteiger partial charge in [-0.2, -0.15) is 0 Å². The molecule has 0 aliphatic carbocycles. The third-order valence-corrected chi connectivity index (χ3v) is 3.21. The van der Waals surface area contributed by atoms with Crippen LogP contribution in [0.15, 0.2) is 22.7 Å². The zero-order valence-corrected chi connectivity index (χ0v) is 12.7. The minimum atomic E-state index is -0.220. The number of carbonyl (C=O) groups is 1. The number of pyridine rings is 1. The summed E-state index contributed by atoms with van der Waals surface area (Å²) in [5.41, 5.74) is 2.08. The molecule has 1 unspecified atom stereocenters. The average Bonchev–Trinajstić information content (AvgIpc) is 2.79. The number of hydrogen-bond acceptors (Lipinski definition) is 5. The highest BCUT2D eigenvalue weighted by atomic mass is 16.5. The molecule has 0 aliphatic rings.